The summed E-state index contributed by atoms with van der Waals surface area (Å²) in [5.41, 5.74) is 13.1. The van der Waals surface area contributed by atoms with Crippen molar-refractivity contribution in [3.8, 4) is 22.5 Å². The van der Waals surface area contributed by atoms with Crippen LogP contribution in [0.3, 0.4) is 0 Å². The van der Waals surface area contributed by atoms with Crippen LogP contribution in [0.25, 0.3) is 93.6 Å². The summed E-state index contributed by atoms with van der Waals surface area (Å²) in [6.07, 6.45) is 5.65. The van der Waals surface area contributed by atoms with Gasteiger partial charge in [-0.05, 0) is 82.9 Å². The molecule has 0 spiro atoms. The molecule has 0 aliphatic rings. The van der Waals surface area contributed by atoms with Crippen LogP contribution in [0.5, 0.6) is 0 Å². The summed E-state index contributed by atoms with van der Waals surface area (Å²) in [6, 6.07) is 54.3. The van der Waals surface area contributed by atoms with E-state index < -0.39 is 0 Å². The first kappa shape index (κ1) is 29.1. The Morgan fingerprint density at radius 2 is 0.941 bits per heavy atom. The number of allylic oxidation sites excluding steroid dienone is 4. The van der Waals surface area contributed by atoms with Gasteiger partial charge in [-0.2, -0.15) is 0 Å². The molecule has 7 aromatic carbocycles. The van der Waals surface area contributed by atoms with Gasteiger partial charge in [0.2, 0.25) is 0 Å². The van der Waals surface area contributed by atoms with Crippen LogP contribution in [0.4, 0.5) is 0 Å². The number of aromatic nitrogens is 2. The van der Waals surface area contributed by atoms with E-state index in [1.54, 1.807) is 6.08 Å². The fraction of sp³-hybridized carbons (Fsp3) is 0. The minimum Gasteiger partial charge on any atom is -0.455 e. The first-order valence-electron chi connectivity index (χ1n) is 17.3. The van der Waals surface area contributed by atoms with Crippen molar-refractivity contribution in [3.05, 3.63) is 189 Å². The Kier molecular flexibility index (Phi) is 6.49. The number of hydrogen-bond donors (Lipinski definition) is 0. The van der Waals surface area contributed by atoms with Crippen molar-refractivity contribution < 1.29 is 4.42 Å². The molecule has 0 aliphatic carbocycles. The second kappa shape index (κ2) is 11.4. The predicted octanol–water partition coefficient (Wildman–Crippen LogP) is 13.2. The van der Waals surface area contributed by atoms with Crippen molar-refractivity contribution in [1.82, 2.24) is 9.13 Å². The van der Waals surface area contributed by atoms with Crippen LogP contribution in [0.15, 0.2) is 187 Å². The third-order valence-corrected chi connectivity index (χ3v) is 10.3. The molecule has 240 valence electrons. The smallest absolute Gasteiger partial charge is 0.145 e. The van der Waals surface area contributed by atoms with E-state index in [1.165, 1.54) is 16.5 Å². The fourth-order valence-corrected chi connectivity index (χ4v) is 8.00. The van der Waals surface area contributed by atoms with Crippen LogP contribution in [0.2, 0.25) is 0 Å². The monoisotopic (exact) mass is 652 g/mol. The van der Waals surface area contributed by atoms with Gasteiger partial charge in [0.1, 0.15) is 11.2 Å². The quantitative estimate of drug-likeness (QED) is 0.164. The van der Waals surface area contributed by atoms with E-state index in [2.05, 4.69) is 174 Å². The Bertz CT molecular complexity index is 3020. The summed E-state index contributed by atoms with van der Waals surface area (Å²) in [7, 11) is 0. The van der Waals surface area contributed by atoms with Crippen molar-refractivity contribution in [2.75, 3.05) is 0 Å². The van der Waals surface area contributed by atoms with Gasteiger partial charge in [0, 0.05) is 32.9 Å². The van der Waals surface area contributed by atoms with Gasteiger partial charge < -0.3 is 13.6 Å². The molecule has 3 aromatic heterocycles. The molecule has 0 aliphatic heterocycles. The van der Waals surface area contributed by atoms with Gasteiger partial charge in [-0.3, -0.25) is 0 Å². The standard InChI is InChI=1S/C48H32N2O/c1-3-12-31(4-2)33-19-23-35(24-20-33)49-41-17-10-8-15-39(41)45-43(49)29-27-37-38-28-30-44-46(48(38)51-47(37)45)40-16-9-11-18-42(40)50(44)36-25-21-34(22-26-36)32-13-6-5-7-14-32/h3-30H,1-2H2/b31-12+. The molecule has 0 atom stereocenters. The van der Waals surface area contributed by atoms with Crippen molar-refractivity contribution in [3.63, 3.8) is 0 Å². The van der Waals surface area contributed by atoms with Crippen LogP contribution in [0.1, 0.15) is 5.56 Å². The number of furan rings is 1. The molecule has 0 N–H and O–H groups in total. The van der Waals surface area contributed by atoms with E-state index in [0.29, 0.717) is 0 Å². The Morgan fingerprint density at radius 3 is 1.47 bits per heavy atom. The van der Waals surface area contributed by atoms with E-state index in [1.807, 2.05) is 12.2 Å². The van der Waals surface area contributed by atoms with Gasteiger partial charge in [-0.25, -0.2) is 0 Å². The number of benzene rings is 7. The van der Waals surface area contributed by atoms with Gasteiger partial charge in [0.15, 0.2) is 0 Å². The van der Waals surface area contributed by atoms with Crippen molar-refractivity contribution in [1.29, 1.82) is 0 Å². The number of para-hydroxylation sites is 2. The number of fused-ring (bicyclic) bond motifs is 11. The highest BCUT2D eigenvalue weighted by Gasteiger charge is 2.22. The van der Waals surface area contributed by atoms with E-state index >= 15 is 0 Å². The number of nitrogens with zero attached hydrogens (tertiary/aromatic N) is 2. The molecule has 3 nitrogen and oxygen atoms in total. The fourth-order valence-electron chi connectivity index (χ4n) is 8.00. The van der Waals surface area contributed by atoms with Crippen LogP contribution in [-0.4, -0.2) is 9.13 Å². The van der Waals surface area contributed by atoms with Crippen LogP contribution >= 0.6 is 0 Å². The summed E-state index contributed by atoms with van der Waals surface area (Å²) in [6.45, 7) is 7.85. The summed E-state index contributed by atoms with van der Waals surface area (Å²) in [5.74, 6) is 0. The van der Waals surface area contributed by atoms with Gasteiger partial charge in [-0.1, -0.05) is 122 Å². The molecular formula is C48H32N2O. The van der Waals surface area contributed by atoms with E-state index in [4.69, 9.17) is 4.42 Å². The van der Waals surface area contributed by atoms with E-state index in [9.17, 15) is 0 Å². The normalized spacial score (nSPS) is 12.2. The van der Waals surface area contributed by atoms with Crippen molar-refractivity contribution in [2.45, 2.75) is 0 Å². The maximum absolute atomic E-state index is 7.11. The second-order valence-electron chi connectivity index (χ2n) is 13.0. The topological polar surface area (TPSA) is 23.0 Å². The highest BCUT2D eigenvalue weighted by atomic mass is 16.3. The predicted molar refractivity (Wildman–Crippen MR) is 216 cm³/mol. The molecule has 3 heterocycles. The molecule has 0 radical (unpaired) electrons. The zero-order valence-corrected chi connectivity index (χ0v) is 27.9. The largest absolute Gasteiger partial charge is 0.455 e. The van der Waals surface area contributed by atoms with Crippen LogP contribution < -0.4 is 0 Å². The van der Waals surface area contributed by atoms with Gasteiger partial charge >= 0.3 is 0 Å². The highest BCUT2D eigenvalue weighted by Crippen LogP contribution is 2.44. The molecule has 10 aromatic rings. The first-order chi connectivity index (χ1) is 25.2. The summed E-state index contributed by atoms with van der Waals surface area (Å²) in [5, 5.41) is 6.82. The molecule has 0 bridgehead atoms. The lowest BCUT2D eigenvalue weighted by atomic mass is 10.0. The second-order valence-corrected chi connectivity index (χ2v) is 13.0. The van der Waals surface area contributed by atoms with Gasteiger partial charge in [0.25, 0.3) is 0 Å². The van der Waals surface area contributed by atoms with Gasteiger partial charge in [0.05, 0.1) is 32.8 Å². The summed E-state index contributed by atoms with van der Waals surface area (Å²) >= 11 is 0. The average Bonchev–Trinajstić information content (AvgIpc) is 3.85. The molecular weight excluding hydrogens is 621 g/mol. The Morgan fingerprint density at radius 1 is 0.451 bits per heavy atom. The lowest BCUT2D eigenvalue weighted by Crippen LogP contribution is -1.94. The van der Waals surface area contributed by atoms with Crippen LogP contribution in [0, 0.1) is 0 Å². The number of hydrogen-bond acceptors (Lipinski definition) is 1. The minimum atomic E-state index is 0.911. The first-order valence-corrected chi connectivity index (χ1v) is 17.3. The third-order valence-electron chi connectivity index (χ3n) is 10.3. The van der Waals surface area contributed by atoms with Crippen LogP contribution in [-0.2, 0) is 0 Å². The lowest BCUT2D eigenvalue weighted by molar-refractivity contribution is 0.677. The van der Waals surface area contributed by atoms with Crippen molar-refractivity contribution in [2.24, 2.45) is 0 Å². The van der Waals surface area contributed by atoms with E-state index in [-0.39, 0.29) is 0 Å². The van der Waals surface area contributed by atoms with E-state index in [0.717, 1.165) is 82.7 Å². The minimum absolute atomic E-state index is 0.911. The molecule has 0 saturated heterocycles. The Hall–Kier alpha value is -6.84. The lowest BCUT2D eigenvalue weighted by Gasteiger charge is -2.09. The molecule has 0 amide bonds. The average molecular weight is 653 g/mol. The van der Waals surface area contributed by atoms with Crippen molar-refractivity contribution >= 4 is 71.1 Å². The maximum Gasteiger partial charge on any atom is 0.145 e. The maximum atomic E-state index is 7.11. The zero-order valence-electron chi connectivity index (χ0n) is 27.9. The molecule has 0 saturated carbocycles. The Labute approximate surface area is 294 Å². The third kappa shape index (κ3) is 4.32. The molecule has 10 rings (SSSR count). The number of rotatable bonds is 6. The molecule has 51 heavy (non-hydrogen) atoms. The molecule has 0 fully saturated rings. The zero-order chi connectivity index (χ0) is 34.1. The SMILES string of the molecule is C=C/C=C(\C=C)c1ccc(-n2c3ccccc3c3c4oc5c(ccc6c5c5ccccc5n6-c5ccc(-c6ccccc6)cc5)c4ccc32)cc1. The highest BCUT2D eigenvalue weighted by molar-refractivity contribution is 6.29. The summed E-state index contributed by atoms with van der Waals surface area (Å²) in [4.78, 5) is 0. The molecule has 3 heteroatoms. The molecule has 0 unspecified atom stereocenters. The van der Waals surface area contributed by atoms with Gasteiger partial charge in [-0.15, -0.1) is 0 Å². The summed E-state index contributed by atoms with van der Waals surface area (Å²) < 4.78 is 11.8. The Balaban J connectivity index is 1.21.